The van der Waals surface area contributed by atoms with Crippen LogP contribution in [0.2, 0.25) is 0 Å². The van der Waals surface area contributed by atoms with Crippen LogP contribution in [0.5, 0.6) is 5.88 Å². The number of anilines is 1. The number of amides is 1. The van der Waals surface area contributed by atoms with Gasteiger partial charge in [0.2, 0.25) is 5.88 Å². The van der Waals surface area contributed by atoms with Crippen LogP contribution in [0.15, 0.2) is 49.2 Å². The lowest BCUT2D eigenvalue weighted by atomic mass is 10.1. The largest absolute Gasteiger partial charge is 0.480 e. The monoisotopic (exact) mass is 530 g/mol. The number of ether oxygens (including phenoxy) is 1. The van der Waals surface area contributed by atoms with Gasteiger partial charge in [0.25, 0.3) is 5.91 Å². The molecule has 0 radical (unpaired) electrons. The quantitative estimate of drug-likeness (QED) is 0.365. The molecule has 2 unspecified atom stereocenters. The van der Waals surface area contributed by atoms with Crippen LogP contribution in [0.4, 0.5) is 23.4 Å². The number of aromatic nitrogens is 5. The number of fused-ring (bicyclic) bond motifs is 1. The Morgan fingerprint density at radius 3 is 2.68 bits per heavy atom. The van der Waals surface area contributed by atoms with Crippen LogP contribution in [0.1, 0.15) is 21.5 Å². The summed E-state index contributed by atoms with van der Waals surface area (Å²) >= 11 is 0. The molecule has 5 rings (SSSR count). The smallest absolute Gasteiger partial charge is 0.418 e. The van der Waals surface area contributed by atoms with Gasteiger partial charge in [-0.25, -0.2) is 18.9 Å². The molecule has 0 aromatic carbocycles. The molecule has 4 aromatic heterocycles. The second kappa shape index (κ2) is 9.85. The van der Waals surface area contributed by atoms with Gasteiger partial charge in [0, 0.05) is 43.8 Å². The van der Waals surface area contributed by atoms with Gasteiger partial charge in [-0.05, 0) is 29.8 Å². The molecule has 4 aromatic rings. The van der Waals surface area contributed by atoms with Crippen molar-refractivity contribution in [3.63, 3.8) is 0 Å². The number of carbonyl (C=O) groups excluding carboxylic acids is 1. The molecule has 14 heteroatoms. The lowest BCUT2D eigenvalue weighted by molar-refractivity contribution is -0.136. The summed E-state index contributed by atoms with van der Waals surface area (Å²) in [6.45, 7) is 0.878. The highest BCUT2D eigenvalue weighted by Crippen LogP contribution is 2.39. The minimum absolute atomic E-state index is 0.0154. The van der Waals surface area contributed by atoms with E-state index < -0.39 is 35.4 Å². The van der Waals surface area contributed by atoms with E-state index in [0.29, 0.717) is 6.54 Å². The second-order valence-electron chi connectivity index (χ2n) is 8.77. The number of hydrogen-bond donors (Lipinski definition) is 2. The second-order valence-corrected chi connectivity index (χ2v) is 8.77. The summed E-state index contributed by atoms with van der Waals surface area (Å²) < 4.78 is 62.2. The molecule has 2 atom stereocenters. The number of alkyl halides is 4. The summed E-state index contributed by atoms with van der Waals surface area (Å²) in [5.41, 5.74) is 5.28. The van der Waals surface area contributed by atoms with Crippen molar-refractivity contribution in [1.82, 2.24) is 34.8 Å². The number of hydrogen-bond acceptors (Lipinski definition) is 8. The van der Waals surface area contributed by atoms with Crippen LogP contribution in [0, 0.1) is 0 Å². The van der Waals surface area contributed by atoms with E-state index in [9.17, 15) is 22.4 Å². The fourth-order valence-electron chi connectivity index (χ4n) is 4.51. The van der Waals surface area contributed by atoms with Crippen molar-refractivity contribution in [2.24, 2.45) is 0 Å². The summed E-state index contributed by atoms with van der Waals surface area (Å²) in [6.07, 6.45) is -0.489. The first-order chi connectivity index (χ1) is 18.2. The van der Waals surface area contributed by atoms with Crippen LogP contribution >= 0.6 is 0 Å². The fourth-order valence-corrected chi connectivity index (χ4v) is 4.51. The number of nitrogens with one attached hydrogen (secondary N) is 1. The first-order valence-corrected chi connectivity index (χ1v) is 11.5. The predicted octanol–water partition coefficient (Wildman–Crippen LogP) is 2.75. The van der Waals surface area contributed by atoms with Gasteiger partial charge in [0.15, 0.2) is 5.82 Å². The van der Waals surface area contributed by atoms with Crippen LogP contribution < -0.4 is 15.8 Å². The number of nitrogens with zero attached hydrogens (tertiary/aromatic N) is 6. The SMILES string of the molecule is COc1ncc(-c2cc(C(F)(F)F)c3c(N)ncnn23)cc1C(=O)NC1CN(Cc2ccncc2)CC1F. The van der Waals surface area contributed by atoms with Crippen molar-refractivity contribution in [1.29, 1.82) is 0 Å². The van der Waals surface area contributed by atoms with Crippen molar-refractivity contribution in [3.05, 3.63) is 65.9 Å². The minimum atomic E-state index is -4.73. The number of halogens is 4. The molecular weight excluding hydrogens is 508 g/mol. The van der Waals surface area contributed by atoms with Crippen molar-refractivity contribution >= 4 is 17.2 Å². The van der Waals surface area contributed by atoms with Gasteiger partial charge in [0.05, 0.1) is 24.4 Å². The van der Waals surface area contributed by atoms with E-state index in [-0.39, 0.29) is 41.6 Å². The zero-order valence-electron chi connectivity index (χ0n) is 20.0. The Hall–Kier alpha value is -4.33. The molecule has 1 fully saturated rings. The maximum Gasteiger partial charge on any atom is 0.418 e. The van der Waals surface area contributed by atoms with Crippen LogP contribution in [-0.2, 0) is 12.7 Å². The van der Waals surface area contributed by atoms with E-state index in [0.717, 1.165) is 22.5 Å². The first-order valence-electron chi connectivity index (χ1n) is 11.5. The highest BCUT2D eigenvalue weighted by atomic mass is 19.4. The number of nitrogens with two attached hydrogens (primary N) is 1. The number of nitrogen functional groups attached to an aromatic ring is 1. The van der Waals surface area contributed by atoms with Crippen molar-refractivity contribution in [3.8, 4) is 17.1 Å². The number of pyridine rings is 2. The predicted molar refractivity (Wildman–Crippen MR) is 128 cm³/mol. The Morgan fingerprint density at radius 2 is 1.97 bits per heavy atom. The van der Waals surface area contributed by atoms with Crippen LogP contribution in [-0.4, -0.2) is 67.8 Å². The van der Waals surface area contributed by atoms with Gasteiger partial charge in [-0.3, -0.25) is 14.7 Å². The van der Waals surface area contributed by atoms with Gasteiger partial charge < -0.3 is 15.8 Å². The Morgan fingerprint density at radius 1 is 1.21 bits per heavy atom. The molecular formula is C24H22F4N8O2. The van der Waals surface area contributed by atoms with E-state index in [1.165, 1.54) is 19.4 Å². The van der Waals surface area contributed by atoms with E-state index in [2.05, 4.69) is 25.4 Å². The molecule has 0 aliphatic carbocycles. The Kier molecular flexibility index (Phi) is 6.57. The third kappa shape index (κ3) is 4.81. The minimum Gasteiger partial charge on any atom is -0.480 e. The molecule has 3 N–H and O–H groups in total. The topological polar surface area (TPSA) is 124 Å². The molecule has 5 heterocycles. The molecule has 198 valence electrons. The maximum absolute atomic E-state index is 14.8. The Balaban J connectivity index is 1.43. The summed E-state index contributed by atoms with van der Waals surface area (Å²) in [4.78, 5) is 26.8. The molecule has 10 nitrogen and oxygen atoms in total. The van der Waals surface area contributed by atoms with Gasteiger partial charge in [-0.1, -0.05) is 0 Å². The van der Waals surface area contributed by atoms with E-state index >= 15 is 0 Å². The van der Waals surface area contributed by atoms with Crippen molar-refractivity contribution in [2.45, 2.75) is 24.9 Å². The van der Waals surface area contributed by atoms with Crippen LogP contribution in [0.25, 0.3) is 16.8 Å². The molecule has 1 saturated heterocycles. The normalized spacial score (nSPS) is 18.1. The summed E-state index contributed by atoms with van der Waals surface area (Å²) in [6, 6.07) is 5.02. The zero-order chi connectivity index (χ0) is 27.0. The molecule has 0 saturated carbocycles. The zero-order valence-corrected chi connectivity index (χ0v) is 20.0. The number of likely N-dealkylation sites (tertiary alicyclic amines) is 1. The Bertz CT molecular complexity index is 1480. The lowest BCUT2D eigenvalue weighted by Gasteiger charge is -2.17. The third-order valence-electron chi connectivity index (χ3n) is 6.27. The average molecular weight is 530 g/mol. The van der Waals surface area contributed by atoms with Gasteiger partial charge in [-0.2, -0.15) is 18.3 Å². The van der Waals surface area contributed by atoms with Gasteiger partial charge in [0.1, 0.15) is 23.6 Å². The molecule has 1 aliphatic heterocycles. The Labute approximate surface area is 213 Å². The maximum atomic E-state index is 14.8. The fraction of sp³-hybridized carbons (Fsp3) is 0.292. The average Bonchev–Trinajstić information content (AvgIpc) is 3.45. The third-order valence-corrected chi connectivity index (χ3v) is 6.27. The molecule has 38 heavy (non-hydrogen) atoms. The summed E-state index contributed by atoms with van der Waals surface area (Å²) in [5, 5.41) is 6.58. The van der Waals surface area contributed by atoms with Gasteiger partial charge >= 0.3 is 6.18 Å². The van der Waals surface area contributed by atoms with Crippen LogP contribution in [0.3, 0.4) is 0 Å². The lowest BCUT2D eigenvalue weighted by Crippen LogP contribution is -2.41. The standard InChI is InChI=1S/C24H22F4N8O2/c1-38-23-15(22(37)34-18-11-35(10-17(18)25)9-13-2-4-30-5-3-13)6-14(8-31-23)19-7-16(24(26,27)28)20-21(29)32-12-33-36(19)20/h2-8,12,17-18H,9-11H2,1H3,(H,34,37)(H2,29,32,33). The molecule has 1 amide bonds. The first kappa shape index (κ1) is 25.3. The molecule has 1 aliphatic rings. The summed E-state index contributed by atoms with van der Waals surface area (Å²) in [7, 11) is 1.30. The molecule has 0 spiro atoms. The van der Waals surface area contributed by atoms with E-state index in [4.69, 9.17) is 10.5 Å². The number of carbonyl (C=O) groups is 1. The highest BCUT2D eigenvalue weighted by molar-refractivity contribution is 5.98. The van der Waals surface area contributed by atoms with Gasteiger partial charge in [-0.15, -0.1) is 0 Å². The number of rotatable bonds is 6. The van der Waals surface area contributed by atoms with Crippen molar-refractivity contribution in [2.75, 3.05) is 25.9 Å². The summed E-state index contributed by atoms with van der Waals surface area (Å²) in [5.74, 6) is -1.11. The van der Waals surface area contributed by atoms with E-state index in [1.807, 2.05) is 17.0 Å². The molecule has 0 bridgehead atoms. The highest BCUT2D eigenvalue weighted by Gasteiger charge is 2.37. The van der Waals surface area contributed by atoms with E-state index in [1.54, 1.807) is 12.4 Å². The van der Waals surface area contributed by atoms with Crippen molar-refractivity contribution < 1.29 is 27.1 Å². The number of methoxy groups -OCH3 is 1.